The molecule has 0 spiro atoms. The maximum atomic E-state index is 13.0. The van der Waals surface area contributed by atoms with Crippen molar-refractivity contribution in [2.75, 3.05) is 20.2 Å². The molecule has 4 rings (SSSR count). The van der Waals surface area contributed by atoms with Crippen LogP contribution in [0.25, 0.3) is 0 Å². The van der Waals surface area contributed by atoms with Gasteiger partial charge in [-0.1, -0.05) is 5.16 Å². The Morgan fingerprint density at radius 1 is 1.25 bits per heavy atom. The summed E-state index contributed by atoms with van der Waals surface area (Å²) in [6.45, 7) is 0.900. The Labute approximate surface area is 163 Å². The van der Waals surface area contributed by atoms with Crippen LogP contribution in [0.5, 0.6) is 0 Å². The van der Waals surface area contributed by atoms with Crippen molar-refractivity contribution in [3.8, 4) is 0 Å². The van der Waals surface area contributed by atoms with Crippen LogP contribution in [0.2, 0.25) is 0 Å². The third kappa shape index (κ3) is 3.95. The van der Waals surface area contributed by atoms with E-state index in [2.05, 4.69) is 14.9 Å². The van der Waals surface area contributed by atoms with Crippen LogP contribution in [-0.4, -0.2) is 49.0 Å². The second-order valence-electron chi connectivity index (χ2n) is 7.41. The Balaban J connectivity index is 1.44. The third-order valence-electron chi connectivity index (χ3n) is 5.28. The van der Waals surface area contributed by atoms with Crippen molar-refractivity contribution in [3.63, 3.8) is 0 Å². The minimum Gasteiger partial charge on any atom is -0.465 e. The first-order valence-corrected chi connectivity index (χ1v) is 10.9. The minimum absolute atomic E-state index is 0.144. The van der Waals surface area contributed by atoms with Gasteiger partial charge in [0.25, 0.3) is 0 Å². The lowest BCUT2D eigenvalue weighted by Gasteiger charge is -2.31. The van der Waals surface area contributed by atoms with Gasteiger partial charge in [0.05, 0.1) is 17.6 Å². The number of esters is 1. The van der Waals surface area contributed by atoms with Gasteiger partial charge in [-0.3, -0.25) is 0 Å². The fraction of sp³-hybridized carbons (Fsp3) is 0.526. The third-order valence-corrected chi connectivity index (χ3v) is 7.16. The number of sulfonamides is 1. The first-order chi connectivity index (χ1) is 13.5. The average molecular weight is 405 g/mol. The Kier molecular flexibility index (Phi) is 5.20. The molecule has 1 saturated heterocycles. The van der Waals surface area contributed by atoms with Crippen LogP contribution < -0.4 is 0 Å². The van der Waals surface area contributed by atoms with Crippen LogP contribution in [0.4, 0.5) is 0 Å². The number of hydrogen-bond acceptors (Lipinski definition) is 7. The van der Waals surface area contributed by atoms with Crippen LogP contribution in [0.15, 0.2) is 33.7 Å². The molecule has 1 atom stereocenters. The molecule has 8 nitrogen and oxygen atoms in total. The number of nitrogens with zero attached hydrogens (tertiary/aromatic N) is 3. The summed E-state index contributed by atoms with van der Waals surface area (Å²) in [5.74, 6) is 1.46. The van der Waals surface area contributed by atoms with Crippen molar-refractivity contribution in [1.29, 1.82) is 0 Å². The van der Waals surface area contributed by atoms with Gasteiger partial charge in [-0.2, -0.15) is 9.29 Å². The monoisotopic (exact) mass is 405 g/mol. The number of carbonyl (C=O) groups excluding carboxylic acids is 1. The van der Waals surface area contributed by atoms with Gasteiger partial charge in [-0.05, 0) is 55.9 Å². The van der Waals surface area contributed by atoms with Crippen LogP contribution in [0.1, 0.15) is 53.7 Å². The number of ether oxygens (including phenoxy) is 1. The topological polar surface area (TPSA) is 103 Å². The van der Waals surface area contributed by atoms with Crippen LogP contribution in [0, 0.1) is 5.92 Å². The highest BCUT2D eigenvalue weighted by Gasteiger charge is 2.32. The molecule has 0 bridgehead atoms. The Bertz CT molecular complexity index is 950. The standard InChI is InChI=1S/C19H23N3O5S/c1-26-19(23)15-6-8-16(9-7-15)28(24,25)22-10-2-3-13(12-22)11-17-20-18(21-27-17)14-4-5-14/h6-9,13-14H,2-5,10-12H2,1H3. The molecule has 28 heavy (non-hydrogen) atoms. The normalized spacial score (nSPS) is 20.8. The lowest BCUT2D eigenvalue weighted by atomic mass is 9.96. The Morgan fingerprint density at radius 2 is 2.00 bits per heavy atom. The zero-order valence-corrected chi connectivity index (χ0v) is 16.5. The molecule has 1 aliphatic heterocycles. The largest absolute Gasteiger partial charge is 0.465 e. The predicted octanol–water partition coefficient (Wildman–Crippen LogP) is 2.38. The number of aromatic nitrogens is 2. The van der Waals surface area contributed by atoms with E-state index < -0.39 is 16.0 Å². The molecule has 1 saturated carbocycles. The zero-order chi connectivity index (χ0) is 19.7. The maximum Gasteiger partial charge on any atom is 0.337 e. The SMILES string of the molecule is COC(=O)c1ccc(S(=O)(=O)N2CCCC(Cc3nc(C4CC4)no3)C2)cc1. The number of carbonyl (C=O) groups is 1. The van der Waals surface area contributed by atoms with Crippen molar-refractivity contribution >= 4 is 16.0 Å². The number of methoxy groups -OCH3 is 1. The highest BCUT2D eigenvalue weighted by Crippen LogP contribution is 2.38. The summed E-state index contributed by atoms with van der Waals surface area (Å²) >= 11 is 0. The second kappa shape index (κ2) is 7.63. The summed E-state index contributed by atoms with van der Waals surface area (Å²) in [7, 11) is -2.33. The van der Waals surface area contributed by atoms with E-state index in [0.29, 0.717) is 36.9 Å². The molecule has 0 amide bonds. The van der Waals surface area contributed by atoms with E-state index in [1.54, 1.807) is 0 Å². The van der Waals surface area contributed by atoms with Crippen molar-refractivity contribution in [2.24, 2.45) is 5.92 Å². The fourth-order valence-electron chi connectivity index (χ4n) is 3.55. The average Bonchev–Trinajstić information content (AvgIpc) is 3.47. The summed E-state index contributed by atoms with van der Waals surface area (Å²) in [4.78, 5) is 16.2. The van der Waals surface area contributed by atoms with E-state index in [0.717, 1.165) is 31.5 Å². The molecule has 1 unspecified atom stereocenters. The molecular weight excluding hydrogens is 382 g/mol. The fourth-order valence-corrected chi connectivity index (χ4v) is 5.10. The molecule has 9 heteroatoms. The summed E-state index contributed by atoms with van der Waals surface area (Å²) in [5.41, 5.74) is 0.320. The number of hydrogen-bond donors (Lipinski definition) is 0. The highest BCUT2D eigenvalue weighted by atomic mass is 32.2. The molecule has 0 radical (unpaired) electrons. The smallest absolute Gasteiger partial charge is 0.337 e. The van der Waals surface area contributed by atoms with Gasteiger partial charge < -0.3 is 9.26 Å². The minimum atomic E-state index is -3.62. The van der Waals surface area contributed by atoms with Crippen molar-refractivity contribution in [3.05, 3.63) is 41.5 Å². The molecule has 2 aromatic rings. The summed E-state index contributed by atoms with van der Waals surface area (Å²) in [6, 6.07) is 5.84. The lowest BCUT2D eigenvalue weighted by molar-refractivity contribution is 0.0600. The van der Waals surface area contributed by atoms with Crippen molar-refractivity contribution in [1.82, 2.24) is 14.4 Å². The van der Waals surface area contributed by atoms with Gasteiger partial charge in [0.1, 0.15) is 0 Å². The van der Waals surface area contributed by atoms with E-state index in [4.69, 9.17) is 4.52 Å². The molecule has 0 N–H and O–H groups in total. The second-order valence-corrected chi connectivity index (χ2v) is 9.35. The quantitative estimate of drug-likeness (QED) is 0.680. The molecule has 2 aliphatic rings. The van der Waals surface area contributed by atoms with Gasteiger partial charge in [0, 0.05) is 25.4 Å². The molecule has 1 aromatic heterocycles. The maximum absolute atomic E-state index is 13.0. The van der Waals surface area contributed by atoms with E-state index in [9.17, 15) is 13.2 Å². The Hall–Kier alpha value is -2.26. The zero-order valence-electron chi connectivity index (χ0n) is 15.7. The van der Waals surface area contributed by atoms with Crippen LogP contribution >= 0.6 is 0 Å². The number of rotatable bonds is 6. The lowest BCUT2D eigenvalue weighted by Crippen LogP contribution is -2.40. The van der Waals surface area contributed by atoms with Gasteiger partial charge in [-0.25, -0.2) is 13.2 Å². The molecule has 2 fully saturated rings. The summed E-state index contributed by atoms with van der Waals surface area (Å²) in [5, 5.41) is 4.03. The molecular formula is C19H23N3O5S. The van der Waals surface area contributed by atoms with Crippen molar-refractivity contribution in [2.45, 2.75) is 42.9 Å². The number of piperidine rings is 1. The molecule has 2 heterocycles. The predicted molar refractivity (Wildman–Crippen MR) is 99.2 cm³/mol. The molecule has 1 aliphatic carbocycles. The van der Waals surface area contributed by atoms with E-state index in [1.165, 1.54) is 35.7 Å². The molecule has 150 valence electrons. The van der Waals surface area contributed by atoms with Crippen LogP contribution in [0.3, 0.4) is 0 Å². The first-order valence-electron chi connectivity index (χ1n) is 9.48. The number of benzene rings is 1. The first kappa shape index (κ1) is 19.1. The summed E-state index contributed by atoms with van der Waals surface area (Å²) < 4.78 is 37.5. The molecule has 1 aromatic carbocycles. The van der Waals surface area contributed by atoms with E-state index in [1.807, 2.05) is 0 Å². The van der Waals surface area contributed by atoms with Gasteiger partial charge in [0.2, 0.25) is 15.9 Å². The van der Waals surface area contributed by atoms with Gasteiger partial charge in [0.15, 0.2) is 5.82 Å². The van der Waals surface area contributed by atoms with Gasteiger partial charge in [-0.15, -0.1) is 0 Å². The summed E-state index contributed by atoms with van der Waals surface area (Å²) in [6.07, 6.45) is 4.53. The van der Waals surface area contributed by atoms with E-state index >= 15 is 0 Å². The highest BCUT2D eigenvalue weighted by molar-refractivity contribution is 7.89. The van der Waals surface area contributed by atoms with Gasteiger partial charge >= 0.3 is 5.97 Å². The van der Waals surface area contributed by atoms with Crippen LogP contribution in [-0.2, 0) is 21.2 Å². The Morgan fingerprint density at radius 3 is 2.68 bits per heavy atom. The van der Waals surface area contributed by atoms with Crippen molar-refractivity contribution < 1.29 is 22.5 Å². The van der Waals surface area contributed by atoms with E-state index in [-0.39, 0.29) is 10.8 Å².